The molecule has 0 atom stereocenters. The van der Waals surface area contributed by atoms with Gasteiger partial charge in [-0.25, -0.2) is 0 Å². The minimum Gasteiger partial charge on any atom is -0.497 e. The Morgan fingerprint density at radius 1 is 1.03 bits per heavy atom. The highest BCUT2D eigenvalue weighted by Gasteiger charge is 2.19. The van der Waals surface area contributed by atoms with Crippen LogP contribution in [0.1, 0.15) is 33.4 Å². The van der Waals surface area contributed by atoms with Gasteiger partial charge in [-0.3, -0.25) is 14.4 Å². The molecule has 0 aliphatic rings. The molecule has 166 valence electrons. The Morgan fingerprint density at radius 2 is 1.78 bits per heavy atom. The number of nitrogens with one attached hydrogen (secondary N) is 2. The summed E-state index contributed by atoms with van der Waals surface area (Å²) in [6.45, 7) is 3.86. The van der Waals surface area contributed by atoms with Crippen LogP contribution in [0.25, 0.3) is 0 Å². The first-order valence-electron chi connectivity index (χ1n) is 10.1. The molecule has 8 heteroatoms. The lowest BCUT2D eigenvalue weighted by Gasteiger charge is -2.21. The fraction of sp³-hybridized carbons (Fsp3) is 0.208. The van der Waals surface area contributed by atoms with Gasteiger partial charge >= 0.3 is 0 Å². The molecule has 32 heavy (non-hydrogen) atoms. The van der Waals surface area contributed by atoms with Crippen molar-refractivity contribution in [3.8, 4) is 5.75 Å². The largest absolute Gasteiger partial charge is 0.497 e. The number of rotatable bonds is 8. The average molecular weight is 435 g/mol. The average Bonchev–Trinajstić information content (AvgIpc) is 3.34. The summed E-state index contributed by atoms with van der Waals surface area (Å²) in [5.41, 5.74) is 2.26. The molecule has 0 spiro atoms. The molecule has 0 fully saturated rings. The fourth-order valence-electron chi connectivity index (χ4n) is 3.04. The minimum atomic E-state index is -0.408. The maximum atomic E-state index is 13.0. The van der Waals surface area contributed by atoms with E-state index in [2.05, 4.69) is 10.6 Å². The molecular formula is C24H25N3O5. The smallest absolute Gasteiger partial charge is 0.291 e. The Morgan fingerprint density at radius 3 is 2.41 bits per heavy atom. The predicted molar refractivity (Wildman–Crippen MR) is 121 cm³/mol. The number of carbonyl (C=O) groups excluding carboxylic acids is 3. The van der Waals surface area contributed by atoms with Crippen LogP contribution in [0.4, 0.5) is 11.4 Å². The van der Waals surface area contributed by atoms with Crippen LogP contribution in [0.3, 0.4) is 0 Å². The number of amides is 3. The van der Waals surface area contributed by atoms with Crippen molar-refractivity contribution in [3.63, 3.8) is 0 Å². The number of ether oxygens (including phenoxy) is 1. The summed E-state index contributed by atoms with van der Waals surface area (Å²) in [6, 6.07) is 15.1. The minimum absolute atomic E-state index is 0.108. The van der Waals surface area contributed by atoms with E-state index >= 15 is 0 Å². The quantitative estimate of drug-likeness (QED) is 0.558. The van der Waals surface area contributed by atoms with Crippen LogP contribution in [0.2, 0.25) is 0 Å². The summed E-state index contributed by atoms with van der Waals surface area (Å²) in [5, 5.41) is 5.53. The Bertz CT molecular complexity index is 1090. The third-order valence-corrected chi connectivity index (χ3v) is 4.85. The summed E-state index contributed by atoms with van der Waals surface area (Å²) in [6.07, 6.45) is 1.41. The molecule has 0 radical (unpaired) electrons. The highest BCUT2D eigenvalue weighted by atomic mass is 16.5. The molecule has 0 bridgehead atoms. The number of anilines is 2. The van der Waals surface area contributed by atoms with Crippen LogP contribution < -0.4 is 15.4 Å². The number of hydrogen-bond donors (Lipinski definition) is 2. The number of likely N-dealkylation sites (N-methyl/N-ethyl adjacent to an activating group) is 1. The predicted octanol–water partition coefficient (Wildman–Crippen LogP) is 3.95. The second-order valence-corrected chi connectivity index (χ2v) is 7.06. The van der Waals surface area contributed by atoms with Gasteiger partial charge in [-0.2, -0.15) is 0 Å². The molecule has 0 saturated carbocycles. The summed E-state index contributed by atoms with van der Waals surface area (Å²) in [5.74, 6) is -0.183. The zero-order valence-corrected chi connectivity index (χ0v) is 18.2. The van der Waals surface area contributed by atoms with E-state index in [0.29, 0.717) is 29.2 Å². The molecule has 3 aromatic rings. The van der Waals surface area contributed by atoms with Crippen molar-refractivity contribution in [2.75, 3.05) is 30.8 Å². The van der Waals surface area contributed by atoms with Crippen molar-refractivity contribution in [1.82, 2.24) is 4.90 Å². The van der Waals surface area contributed by atoms with Crippen LogP contribution in [0, 0.1) is 6.92 Å². The maximum absolute atomic E-state index is 13.0. The van der Waals surface area contributed by atoms with E-state index in [1.165, 1.54) is 11.2 Å². The normalized spacial score (nSPS) is 10.3. The molecule has 3 rings (SSSR count). The van der Waals surface area contributed by atoms with Gasteiger partial charge in [0.25, 0.3) is 11.8 Å². The van der Waals surface area contributed by atoms with Gasteiger partial charge in [-0.05, 0) is 67.9 Å². The monoisotopic (exact) mass is 435 g/mol. The van der Waals surface area contributed by atoms with Crippen molar-refractivity contribution in [3.05, 3.63) is 77.7 Å². The topological polar surface area (TPSA) is 101 Å². The van der Waals surface area contributed by atoms with E-state index in [1.807, 2.05) is 6.92 Å². The third-order valence-electron chi connectivity index (χ3n) is 4.85. The second kappa shape index (κ2) is 10.3. The van der Waals surface area contributed by atoms with Gasteiger partial charge in [-0.15, -0.1) is 0 Å². The lowest BCUT2D eigenvalue weighted by Crippen LogP contribution is -2.37. The first-order valence-corrected chi connectivity index (χ1v) is 10.1. The van der Waals surface area contributed by atoms with Crippen LogP contribution >= 0.6 is 0 Å². The van der Waals surface area contributed by atoms with Gasteiger partial charge in [0, 0.05) is 23.5 Å². The maximum Gasteiger partial charge on any atom is 0.291 e. The number of methoxy groups -OCH3 is 1. The lowest BCUT2D eigenvalue weighted by molar-refractivity contribution is -0.116. The first-order chi connectivity index (χ1) is 15.4. The zero-order valence-electron chi connectivity index (χ0n) is 18.2. The fourth-order valence-corrected chi connectivity index (χ4v) is 3.04. The van der Waals surface area contributed by atoms with Crippen molar-refractivity contribution in [2.24, 2.45) is 0 Å². The van der Waals surface area contributed by atoms with E-state index in [1.54, 1.807) is 68.6 Å². The Kier molecular flexibility index (Phi) is 7.28. The number of hydrogen-bond acceptors (Lipinski definition) is 5. The summed E-state index contributed by atoms with van der Waals surface area (Å²) in [4.78, 5) is 39.2. The summed E-state index contributed by atoms with van der Waals surface area (Å²) < 4.78 is 10.2. The molecule has 2 N–H and O–H groups in total. The van der Waals surface area contributed by atoms with E-state index in [0.717, 1.165) is 5.56 Å². The summed E-state index contributed by atoms with van der Waals surface area (Å²) in [7, 11) is 1.57. The molecule has 0 unspecified atom stereocenters. The molecule has 1 aromatic heterocycles. The van der Waals surface area contributed by atoms with Crippen molar-refractivity contribution < 1.29 is 23.5 Å². The van der Waals surface area contributed by atoms with Crippen molar-refractivity contribution in [2.45, 2.75) is 13.8 Å². The second-order valence-electron chi connectivity index (χ2n) is 7.06. The Hall–Kier alpha value is -4.07. The van der Waals surface area contributed by atoms with Gasteiger partial charge in [0.15, 0.2) is 5.76 Å². The molecule has 2 aromatic carbocycles. The van der Waals surface area contributed by atoms with Gasteiger partial charge in [-0.1, -0.05) is 6.07 Å². The Labute approximate surface area is 186 Å². The molecule has 1 heterocycles. The number of benzene rings is 2. The van der Waals surface area contributed by atoms with E-state index in [-0.39, 0.29) is 24.1 Å². The van der Waals surface area contributed by atoms with Gasteiger partial charge in [0.05, 0.1) is 13.4 Å². The SMILES string of the molecule is CCN(CC(=O)Nc1ccc(OC)cc1)C(=O)c1ccc(C)c(NC(=O)c2ccco2)c1. The van der Waals surface area contributed by atoms with Crippen LogP contribution in [-0.2, 0) is 4.79 Å². The van der Waals surface area contributed by atoms with E-state index in [4.69, 9.17) is 9.15 Å². The molecule has 3 amide bonds. The number of aryl methyl sites for hydroxylation is 1. The lowest BCUT2D eigenvalue weighted by atomic mass is 10.1. The molecule has 0 aliphatic carbocycles. The van der Waals surface area contributed by atoms with E-state index < -0.39 is 5.91 Å². The van der Waals surface area contributed by atoms with Gasteiger partial charge < -0.3 is 24.7 Å². The first kappa shape index (κ1) is 22.6. The zero-order chi connectivity index (χ0) is 23.1. The van der Waals surface area contributed by atoms with Crippen molar-refractivity contribution >= 4 is 29.1 Å². The highest BCUT2D eigenvalue weighted by Crippen LogP contribution is 2.20. The standard InChI is InChI=1S/C24H25N3O5/c1-4-27(15-22(28)25-18-9-11-19(31-3)12-10-18)24(30)17-8-7-16(2)20(14-17)26-23(29)21-6-5-13-32-21/h5-14H,4,15H2,1-3H3,(H,25,28)(H,26,29). The van der Waals surface area contributed by atoms with Crippen molar-refractivity contribution in [1.29, 1.82) is 0 Å². The molecule has 8 nitrogen and oxygen atoms in total. The molecule has 0 aliphatic heterocycles. The third kappa shape index (κ3) is 5.54. The molecule has 0 saturated heterocycles. The van der Waals surface area contributed by atoms with Crippen LogP contribution in [-0.4, -0.2) is 42.8 Å². The van der Waals surface area contributed by atoms with Crippen LogP contribution in [0.5, 0.6) is 5.75 Å². The molecular weight excluding hydrogens is 410 g/mol. The summed E-state index contributed by atoms with van der Waals surface area (Å²) >= 11 is 0. The highest BCUT2D eigenvalue weighted by molar-refractivity contribution is 6.04. The Balaban J connectivity index is 1.68. The number of carbonyl (C=O) groups is 3. The number of furan rings is 1. The van der Waals surface area contributed by atoms with Gasteiger partial charge in [0.1, 0.15) is 12.3 Å². The van der Waals surface area contributed by atoms with Gasteiger partial charge in [0.2, 0.25) is 5.91 Å². The number of nitrogens with zero attached hydrogens (tertiary/aromatic N) is 1. The van der Waals surface area contributed by atoms with Crippen LogP contribution in [0.15, 0.2) is 65.3 Å². The van der Waals surface area contributed by atoms with E-state index in [9.17, 15) is 14.4 Å².